The number of fused-ring (bicyclic) bond motifs is 1. The van der Waals surface area contributed by atoms with Gasteiger partial charge in [-0.05, 0) is 26.3 Å². The number of halogens is 3. The van der Waals surface area contributed by atoms with Crippen LogP contribution < -0.4 is 5.32 Å². The minimum Gasteiger partial charge on any atom is -0.363 e. The summed E-state index contributed by atoms with van der Waals surface area (Å²) in [5.74, 6) is -0.270. The maximum atomic E-state index is 13.9. The second kappa shape index (κ2) is 8.24. The normalized spacial score (nSPS) is 18.1. The molecule has 0 aliphatic carbocycles. The molecule has 2 atom stereocenters. The van der Waals surface area contributed by atoms with E-state index in [2.05, 4.69) is 15.5 Å². The van der Waals surface area contributed by atoms with Crippen molar-refractivity contribution in [2.75, 3.05) is 12.4 Å². The minimum absolute atomic E-state index is 0.0296. The first kappa shape index (κ1) is 22.9. The molecule has 10 heteroatoms. The number of rotatable bonds is 4. The summed E-state index contributed by atoms with van der Waals surface area (Å²) < 4.78 is 44.4. The van der Waals surface area contributed by atoms with Gasteiger partial charge in [-0.3, -0.25) is 9.48 Å². The van der Waals surface area contributed by atoms with Gasteiger partial charge in [0.25, 0.3) is 5.91 Å². The fourth-order valence-corrected chi connectivity index (χ4v) is 4.25. The van der Waals surface area contributed by atoms with E-state index in [0.717, 1.165) is 32.8 Å². The van der Waals surface area contributed by atoms with Gasteiger partial charge in [0.1, 0.15) is 5.82 Å². The summed E-state index contributed by atoms with van der Waals surface area (Å²) in [6.45, 7) is 5.98. The zero-order valence-corrected chi connectivity index (χ0v) is 19.2. The summed E-state index contributed by atoms with van der Waals surface area (Å²) in [5.41, 5.74) is 4.40. The molecule has 7 nitrogen and oxygen atoms in total. The Hall–Kier alpha value is -3.30. The highest BCUT2D eigenvalue weighted by molar-refractivity contribution is 5.93. The first-order chi connectivity index (χ1) is 15.5. The molecule has 1 N–H and O–H groups in total. The lowest BCUT2D eigenvalue weighted by atomic mass is 9.96. The molecule has 0 fully saturated rings. The van der Waals surface area contributed by atoms with Crippen molar-refractivity contribution in [1.82, 2.24) is 24.5 Å². The second-order valence-electron chi connectivity index (χ2n) is 8.69. The Balaban J connectivity index is 1.62. The predicted octanol–water partition coefficient (Wildman–Crippen LogP) is 4.47. The Labute approximate surface area is 190 Å². The molecule has 0 bridgehead atoms. The number of carbonyl (C=O) groups excluding carboxylic acids is 1. The maximum Gasteiger partial charge on any atom is 0.410 e. The average Bonchev–Trinajstić information content (AvgIpc) is 3.28. The van der Waals surface area contributed by atoms with Gasteiger partial charge in [-0.15, -0.1) is 0 Å². The molecule has 33 heavy (non-hydrogen) atoms. The molecule has 176 valence electrons. The lowest BCUT2D eigenvalue weighted by molar-refractivity contribution is -0.173. The van der Waals surface area contributed by atoms with Gasteiger partial charge in [0.2, 0.25) is 0 Å². The van der Waals surface area contributed by atoms with Gasteiger partial charge >= 0.3 is 6.18 Å². The maximum absolute atomic E-state index is 13.9. The van der Waals surface area contributed by atoms with Crippen LogP contribution in [0.25, 0.3) is 0 Å². The number of alkyl halides is 3. The van der Waals surface area contributed by atoms with Crippen LogP contribution >= 0.6 is 0 Å². The van der Waals surface area contributed by atoms with Crippen LogP contribution in [0.15, 0.2) is 30.3 Å². The van der Waals surface area contributed by atoms with E-state index in [1.54, 1.807) is 11.7 Å². The molecular formula is C23H27F3N6O. The number of benzene rings is 1. The first-order valence-corrected chi connectivity index (χ1v) is 10.7. The molecule has 1 aliphatic heterocycles. The van der Waals surface area contributed by atoms with Crippen molar-refractivity contribution >= 4 is 11.7 Å². The van der Waals surface area contributed by atoms with Crippen molar-refractivity contribution in [3.63, 3.8) is 0 Å². The van der Waals surface area contributed by atoms with Gasteiger partial charge in [-0.1, -0.05) is 29.8 Å². The molecule has 2 aromatic heterocycles. The summed E-state index contributed by atoms with van der Waals surface area (Å²) >= 11 is 0. The largest absolute Gasteiger partial charge is 0.410 e. The topological polar surface area (TPSA) is 68.0 Å². The standard InChI is InChI=1S/C23H27F3N6O/c1-13-6-8-16(9-7-13)18-10-20(23(24,25)26)32-21(27-18)11-19(29-32)22(33)30(4)12-17-14(2)28-31(5)15(17)3/h6-9,11,18,20,27H,10,12H2,1-5H3/t18-,20-/m0/s1. The fourth-order valence-electron chi connectivity index (χ4n) is 4.25. The number of aromatic nitrogens is 4. The third-order valence-corrected chi connectivity index (χ3v) is 6.29. The summed E-state index contributed by atoms with van der Waals surface area (Å²) in [5, 5.41) is 11.6. The number of carbonyl (C=O) groups is 1. The Bertz CT molecular complexity index is 1180. The second-order valence-corrected chi connectivity index (χ2v) is 8.69. The molecular weight excluding hydrogens is 433 g/mol. The van der Waals surface area contributed by atoms with Crippen molar-refractivity contribution in [1.29, 1.82) is 0 Å². The minimum atomic E-state index is -4.50. The molecule has 3 heterocycles. The van der Waals surface area contributed by atoms with Crippen LogP contribution in [-0.4, -0.2) is 43.6 Å². The Morgan fingerprint density at radius 1 is 1.18 bits per heavy atom. The summed E-state index contributed by atoms with van der Waals surface area (Å²) in [7, 11) is 3.43. The molecule has 1 aliphatic rings. The predicted molar refractivity (Wildman–Crippen MR) is 118 cm³/mol. The van der Waals surface area contributed by atoms with Crippen molar-refractivity contribution < 1.29 is 18.0 Å². The molecule has 4 rings (SSSR count). The smallest absolute Gasteiger partial charge is 0.363 e. The summed E-state index contributed by atoms with van der Waals surface area (Å²) in [6, 6.07) is 6.43. The number of hydrogen-bond acceptors (Lipinski definition) is 4. The highest BCUT2D eigenvalue weighted by atomic mass is 19.4. The zero-order valence-electron chi connectivity index (χ0n) is 19.2. The Kier molecular flexibility index (Phi) is 5.71. The van der Waals surface area contributed by atoms with E-state index in [-0.39, 0.29) is 24.5 Å². The van der Waals surface area contributed by atoms with E-state index in [4.69, 9.17) is 0 Å². The quantitative estimate of drug-likeness (QED) is 0.624. The van der Waals surface area contributed by atoms with E-state index in [1.165, 1.54) is 11.0 Å². The van der Waals surface area contributed by atoms with Gasteiger partial charge in [0, 0.05) is 44.4 Å². The van der Waals surface area contributed by atoms with Crippen molar-refractivity contribution in [2.24, 2.45) is 7.05 Å². The van der Waals surface area contributed by atoms with Gasteiger partial charge < -0.3 is 10.2 Å². The van der Waals surface area contributed by atoms with E-state index < -0.39 is 24.2 Å². The Morgan fingerprint density at radius 2 is 1.85 bits per heavy atom. The van der Waals surface area contributed by atoms with E-state index in [0.29, 0.717) is 0 Å². The number of amides is 1. The number of anilines is 1. The van der Waals surface area contributed by atoms with Crippen molar-refractivity contribution in [2.45, 2.75) is 52.0 Å². The molecule has 0 radical (unpaired) electrons. The molecule has 3 aromatic rings. The van der Waals surface area contributed by atoms with Gasteiger partial charge in [-0.2, -0.15) is 23.4 Å². The van der Waals surface area contributed by atoms with Crippen molar-refractivity contribution in [3.8, 4) is 0 Å². The van der Waals surface area contributed by atoms with Gasteiger partial charge in [-0.25, -0.2) is 4.68 Å². The van der Waals surface area contributed by atoms with Gasteiger partial charge in [0.15, 0.2) is 11.7 Å². The third kappa shape index (κ3) is 4.34. The molecule has 0 spiro atoms. The number of hydrogen-bond donors (Lipinski definition) is 1. The molecule has 0 saturated heterocycles. The Morgan fingerprint density at radius 3 is 2.42 bits per heavy atom. The number of nitrogens with one attached hydrogen (secondary N) is 1. The SMILES string of the molecule is Cc1ccc([C@@H]2C[C@@H](C(F)(F)F)n3nc(C(=O)N(C)Cc4c(C)nn(C)c4C)cc3N2)cc1. The molecule has 0 saturated carbocycles. The highest BCUT2D eigenvalue weighted by Crippen LogP contribution is 2.43. The highest BCUT2D eigenvalue weighted by Gasteiger charge is 2.47. The van der Waals surface area contributed by atoms with E-state index in [9.17, 15) is 18.0 Å². The van der Waals surface area contributed by atoms with Gasteiger partial charge in [0.05, 0.1) is 11.7 Å². The first-order valence-electron chi connectivity index (χ1n) is 10.7. The third-order valence-electron chi connectivity index (χ3n) is 6.29. The van der Waals surface area contributed by atoms with Crippen LogP contribution in [-0.2, 0) is 13.6 Å². The summed E-state index contributed by atoms with van der Waals surface area (Å²) in [4.78, 5) is 14.5. The van der Waals surface area contributed by atoms with Crippen LogP contribution in [0.3, 0.4) is 0 Å². The van der Waals surface area contributed by atoms with Crippen LogP contribution in [0.5, 0.6) is 0 Å². The van der Waals surface area contributed by atoms with Crippen LogP contribution in [0.4, 0.5) is 19.0 Å². The lowest BCUT2D eigenvalue weighted by Gasteiger charge is -2.33. The lowest BCUT2D eigenvalue weighted by Crippen LogP contribution is -2.35. The monoisotopic (exact) mass is 460 g/mol. The zero-order chi connectivity index (χ0) is 24.1. The van der Waals surface area contributed by atoms with Crippen LogP contribution in [0.1, 0.15) is 57.1 Å². The molecule has 0 unspecified atom stereocenters. The van der Waals surface area contributed by atoms with E-state index >= 15 is 0 Å². The molecule has 1 amide bonds. The van der Waals surface area contributed by atoms with E-state index in [1.807, 2.05) is 52.1 Å². The van der Waals surface area contributed by atoms with Crippen molar-refractivity contribution in [3.05, 3.63) is 64.1 Å². The van der Waals surface area contributed by atoms with Crippen LogP contribution in [0, 0.1) is 20.8 Å². The summed E-state index contributed by atoms with van der Waals surface area (Å²) in [6.07, 6.45) is -4.71. The fraction of sp³-hybridized carbons (Fsp3) is 0.435. The number of aryl methyl sites for hydroxylation is 3. The average molecular weight is 461 g/mol. The molecule has 1 aromatic carbocycles. The number of nitrogens with zero attached hydrogens (tertiary/aromatic N) is 5. The van der Waals surface area contributed by atoms with Crippen LogP contribution in [0.2, 0.25) is 0 Å².